The van der Waals surface area contributed by atoms with Crippen LogP contribution in [0.3, 0.4) is 0 Å². The number of fused-ring (bicyclic) bond motifs is 1. The molecule has 3 rings (SSSR count). The van der Waals surface area contributed by atoms with Crippen molar-refractivity contribution in [2.45, 2.75) is 6.42 Å². The SMILES string of the molecule is O=C(C=Cc1c(Cl)nc2ccccn12)NCCc1cccs1. The number of amides is 1. The van der Waals surface area contributed by atoms with E-state index in [1.807, 2.05) is 40.2 Å². The molecular weight excluding hydrogens is 318 g/mol. The van der Waals surface area contributed by atoms with Crippen molar-refractivity contribution in [3.05, 3.63) is 63.7 Å². The van der Waals surface area contributed by atoms with Crippen molar-refractivity contribution >= 4 is 40.6 Å². The molecule has 3 aromatic rings. The van der Waals surface area contributed by atoms with Crippen molar-refractivity contribution in [2.24, 2.45) is 0 Å². The number of aromatic nitrogens is 2. The first-order valence-electron chi connectivity index (χ1n) is 6.85. The molecule has 0 saturated carbocycles. The van der Waals surface area contributed by atoms with Crippen molar-refractivity contribution in [1.82, 2.24) is 14.7 Å². The number of carbonyl (C=O) groups excluding carboxylic acids is 1. The third-order valence-electron chi connectivity index (χ3n) is 3.17. The molecule has 0 radical (unpaired) electrons. The van der Waals surface area contributed by atoms with Crippen LogP contribution in [-0.4, -0.2) is 21.8 Å². The Hall–Kier alpha value is -2.11. The topological polar surface area (TPSA) is 46.4 Å². The zero-order chi connectivity index (χ0) is 15.4. The summed E-state index contributed by atoms with van der Waals surface area (Å²) >= 11 is 7.80. The Morgan fingerprint density at radius 3 is 3.09 bits per heavy atom. The van der Waals surface area contributed by atoms with Gasteiger partial charge < -0.3 is 5.32 Å². The number of hydrogen-bond acceptors (Lipinski definition) is 3. The fourth-order valence-electron chi connectivity index (χ4n) is 2.11. The maximum absolute atomic E-state index is 11.8. The van der Waals surface area contributed by atoms with Gasteiger partial charge in [-0.05, 0) is 36.1 Å². The summed E-state index contributed by atoms with van der Waals surface area (Å²) in [6.07, 6.45) is 5.87. The summed E-state index contributed by atoms with van der Waals surface area (Å²) in [5.74, 6) is -0.140. The zero-order valence-corrected chi connectivity index (χ0v) is 13.3. The Kier molecular flexibility index (Phi) is 4.56. The van der Waals surface area contributed by atoms with Gasteiger partial charge in [-0.3, -0.25) is 9.20 Å². The van der Waals surface area contributed by atoms with E-state index < -0.39 is 0 Å². The summed E-state index contributed by atoms with van der Waals surface area (Å²) in [6.45, 7) is 0.616. The van der Waals surface area contributed by atoms with Crippen LogP contribution >= 0.6 is 22.9 Å². The molecule has 3 heterocycles. The van der Waals surface area contributed by atoms with Gasteiger partial charge in [-0.15, -0.1) is 11.3 Å². The third kappa shape index (κ3) is 3.37. The minimum atomic E-state index is -0.140. The van der Waals surface area contributed by atoms with E-state index in [0.717, 1.165) is 12.1 Å². The molecular formula is C16H14ClN3OS. The van der Waals surface area contributed by atoms with Crippen molar-refractivity contribution in [2.75, 3.05) is 6.54 Å². The van der Waals surface area contributed by atoms with Gasteiger partial charge in [0, 0.05) is 23.7 Å². The lowest BCUT2D eigenvalue weighted by molar-refractivity contribution is -0.116. The lowest BCUT2D eigenvalue weighted by atomic mass is 10.3. The lowest BCUT2D eigenvalue weighted by Gasteiger charge is -2.00. The van der Waals surface area contributed by atoms with Crippen LogP contribution in [0.4, 0.5) is 0 Å². The molecule has 0 bridgehead atoms. The molecule has 0 unspecified atom stereocenters. The Labute approximate surface area is 137 Å². The van der Waals surface area contributed by atoms with E-state index in [4.69, 9.17) is 11.6 Å². The van der Waals surface area contributed by atoms with E-state index >= 15 is 0 Å². The predicted octanol–water partition coefficient (Wildman–Crippen LogP) is 3.42. The average molecular weight is 332 g/mol. The molecule has 0 saturated heterocycles. The first-order chi connectivity index (χ1) is 10.7. The highest BCUT2D eigenvalue weighted by molar-refractivity contribution is 7.09. The normalized spacial score (nSPS) is 11.3. The highest BCUT2D eigenvalue weighted by Gasteiger charge is 2.07. The van der Waals surface area contributed by atoms with E-state index in [1.54, 1.807) is 17.4 Å². The monoisotopic (exact) mass is 331 g/mol. The van der Waals surface area contributed by atoms with Gasteiger partial charge in [-0.25, -0.2) is 4.98 Å². The summed E-state index contributed by atoms with van der Waals surface area (Å²) in [5, 5.41) is 5.27. The largest absolute Gasteiger partial charge is 0.352 e. The lowest BCUT2D eigenvalue weighted by Crippen LogP contribution is -2.23. The maximum Gasteiger partial charge on any atom is 0.244 e. The summed E-state index contributed by atoms with van der Waals surface area (Å²) in [5.41, 5.74) is 1.45. The summed E-state index contributed by atoms with van der Waals surface area (Å²) < 4.78 is 1.85. The first kappa shape index (κ1) is 14.8. The van der Waals surface area contributed by atoms with E-state index in [0.29, 0.717) is 17.4 Å². The molecule has 112 valence electrons. The Balaban J connectivity index is 1.62. The highest BCUT2D eigenvalue weighted by atomic mass is 35.5. The van der Waals surface area contributed by atoms with Gasteiger partial charge in [0.2, 0.25) is 5.91 Å². The van der Waals surface area contributed by atoms with Crippen LogP contribution in [0.1, 0.15) is 10.6 Å². The molecule has 1 amide bonds. The Morgan fingerprint density at radius 1 is 1.36 bits per heavy atom. The number of rotatable bonds is 5. The van der Waals surface area contributed by atoms with E-state index in [-0.39, 0.29) is 5.91 Å². The van der Waals surface area contributed by atoms with Gasteiger partial charge >= 0.3 is 0 Å². The van der Waals surface area contributed by atoms with E-state index in [9.17, 15) is 4.79 Å². The van der Waals surface area contributed by atoms with Crippen LogP contribution in [0.25, 0.3) is 11.7 Å². The fourth-order valence-corrected chi connectivity index (χ4v) is 3.06. The summed E-state index contributed by atoms with van der Waals surface area (Å²) in [7, 11) is 0. The number of halogens is 1. The van der Waals surface area contributed by atoms with Crippen LogP contribution in [0, 0.1) is 0 Å². The van der Waals surface area contributed by atoms with Crippen LogP contribution in [0.5, 0.6) is 0 Å². The van der Waals surface area contributed by atoms with Crippen molar-refractivity contribution in [3.63, 3.8) is 0 Å². The molecule has 0 aliphatic heterocycles. The molecule has 22 heavy (non-hydrogen) atoms. The number of nitrogens with one attached hydrogen (secondary N) is 1. The quantitative estimate of drug-likeness (QED) is 0.728. The van der Waals surface area contributed by atoms with Crippen molar-refractivity contribution < 1.29 is 4.79 Å². The van der Waals surface area contributed by atoms with Gasteiger partial charge in [0.15, 0.2) is 5.15 Å². The highest BCUT2D eigenvalue weighted by Crippen LogP contribution is 2.18. The zero-order valence-electron chi connectivity index (χ0n) is 11.7. The Morgan fingerprint density at radius 2 is 2.27 bits per heavy atom. The van der Waals surface area contributed by atoms with Gasteiger partial charge in [0.25, 0.3) is 0 Å². The van der Waals surface area contributed by atoms with E-state index in [1.165, 1.54) is 11.0 Å². The average Bonchev–Trinajstić information content (AvgIpc) is 3.12. The number of imidazole rings is 1. The number of pyridine rings is 1. The second kappa shape index (κ2) is 6.77. The predicted molar refractivity (Wildman–Crippen MR) is 90.3 cm³/mol. The molecule has 0 spiro atoms. The minimum absolute atomic E-state index is 0.140. The molecule has 0 aliphatic rings. The molecule has 0 atom stereocenters. The first-order valence-corrected chi connectivity index (χ1v) is 8.10. The summed E-state index contributed by atoms with van der Waals surface area (Å²) in [4.78, 5) is 17.3. The van der Waals surface area contributed by atoms with Crippen LogP contribution in [0.2, 0.25) is 5.15 Å². The third-order valence-corrected chi connectivity index (χ3v) is 4.38. The molecule has 3 aromatic heterocycles. The number of carbonyl (C=O) groups is 1. The maximum atomic E-state index is 11.8. The summed E-state index contributed by atoms with van der Waals surface area (Å²) in [6, 6.07) is 9.72. The molecule has 1 N–H and O–H groups in total. The Bertz CT molecular complexity index is 808. The smallest absolute Gasteiger partial charge is 0.244 e. The van der Waals surface area contributed by atoms with E-state index in [2.05, 4.69) is 16.4 Å². The van der Waals surface area contributed by atoms with Crippen LogP contribution in [-0.2, 0) is 11.2 Å². The van der Waals surface area contributed by atoms with Crippen molar-refractivity contribution in [3.8, 4) is 0 Å². The fraction of sp³-hybridized carbons (Fsp3) is 0.125. The van der Waals surface area contributed by atoms with Crippen molar-refractivity contribution in [1.29, 1.82) is 0 Å². The van der Waals surface area contributed by atoms with Gasteiger partial charge in [-0.2, -0.15) is 0 Å². The standard InChI is InChI=1S/C16H14ClN3OS/c17-16-13(20-10-2-1-5-14(20)19-16)6-7-15(21)18-9-8-12-4-3-11-22-12/h1-7,10-11H,8-9H2,(H,18,21). The molecule has 6 heteroatoms. The number of hydrogen-bond donors (Lipinski definition) is 1. The minimum Gasteiger partial charge on any atom is -0.352 e. The van der Waals surface area contributed by atoms with Crippen LogP contribution in [0.15, 0.2) is 48.0 Å². The number of thiophene rings is 1. The van der Waals surface area contributed by atoms with Gasteiger partial charge in [0.1, 0.15) is 5.65 Å². The second-order valence-corrected chi connectivity index (χ2v) is 6.06. The molecule has 4 nitrogen and oxygen atoms in total. The molecule has 0 fully saturated rings. The van der Waals surface area contributed by atoms with Gasteiger partial charge in [0.05, 0.1) is 5.69 Å². The number of nitrogens with zero attached hydrogens (tertiary/aromatic N) is 2. The van der Waals surface area contributed by atoms with Crippen LogP contribution < -0.4 is 5.32 Å². The second-order valence-electron chi connectivity index (χ2n) is 4.67. The van der Waals surface area contributed by atoms with Gasteiger partial charge in [-0.1, -0.05) is 23.7 Å². The molecule has 0 aromatic carbocycles. The molecule has 0 aliphatic carbocycles.